The molecule has 0 spiro atoms. The lowest BCUT2D eigenvalue weighted by atomic mass is 10.1. The van der Waals surface area contributed by atoms with Crippen molar-refractivity contribution in [3.63, 3.8) is 0 Å². The van der Waals surface area contributed by atoms with Gasteiger partial charge in [-0.05, 0) is 35.7 Å². The van der Waals surface area contributed by atoms with Gasteiger partial charge in [-0.1, -0.05) is 48.5 Å². The van der Waals surface area contributed by atoms with E-state index in [0.717, 1.165) is 22.0 Å². The first-order valence-electron chi connectivity index (χ1n) is 12.9. The summed E-state index contributed by atoms with van der Waals surface area (Å²) in [4.78, 5) is 34.0. The van der Waals surface area contributed by atoms with Gasteiger partial charge in [0.1, 0.15) is 18.0 Å². The molecule has 4 rings (SSSR count). The summed E-state index contributed by atoms with van der Waals surface area (Å²) in [5, 5.41) is 1.15. The highest BCUT2D eigenvalue weighted by Crippen LogP contribution is 2.26. The van der Waals surface area contributed by atoms with Crippen LogP contribution in [0.3, 0.4) is 0 Å². The molecule has 0 unspecified atom stereocenters. The Balaban J connectivity index is 1.56. The molecule has 2 amide bonds. The average molecular weight is 530 g/mol. The zero-order valence-electron chi connectivity index (χ0n) is 22.7. The molecule has 204 valence electrons. The van der Waals surface area contributed by atoms with Crippen LogP contribution in [-0.2, 0) is 22.5 Å². The minimum Gasteiger partial charge on any atom is -0.497 e. The number of hydrogen-bond donors (Lipinski definition) is 1. The van der Waals surface area contributed by atoms with Gasteiger partial charge >= 0.3 is 0 Å². The molecule has 0 aliphatic rings. The van der Waals surface area contributed by atoms with Crippen molar-refractivity contribution < 1.29 is 23.8 Å². The van der Waals surface area contributed by atoms with E-state index in [0.29, 0.717) is 43.2 Å². The SMILES string of the molecule is COCCN(CC(=O)N(CCc1c[nH]c2ccccc12)Cc1ccccc1)C(=O)c1ccc(OC)cc1OC. The monoisotopic (exact) mass is 529 g/mol. The number of amides is 2. The number of rotatable bonds is 13. The molecule has 4 aromatic rings. The highest BCUT2D eigenvalue weighted by atomic mass is 16.5. The van der Waals surface area contributed by atoms with Crippen molar-refractivity contribution in [3.05, 3.63) is 95.7 Å². The van der Waals surface area contributed by atoms with Crippen LogP contribution in [-0.4, -0.2) is 74.2 Å². The van der Waals surface area contributed by atoms with Crippen LogP contribution < -0.4 is 9.47 Å². The van der Waals surface area contributed by atoms with Gasteiger partial charge in [0, 0.05) is 49.9 Å². The molecule has 8 heteroatoms. The number of ether oxygens (including phenoxy) is 3. The molecule has 0 bridgehead atoms. The number of nitrogens with one attached hydrogen (secondary N) is 1. The van der Waals surface area contributed by atoms with Crippen LogP contribution in [0.15, 0.2) is 79.0 Å². The second kappa shape index (κ2) is 13.5. The third kappa shape index (κ3) is 6.97. The fourth-order valence-electron chi connectivity index (χ4n) is 4.55. The Bertz CT molecular complexity index is 1390. The molecule has 0 atom stereocenters. The molecule has 0 aliphatic heterocycles. The Morgan fingerprint density at radius 3 is 2.36 bits per heavy atom. The van der Waals surface area contributed by atoms with Gasteiger partial charge in [-0.3, -0.25) is 9.59 Å². The number of carbonyl (C=O) groups is 2. The molecule has 1 aromatic heterocycles. The van der Waals surface area contributed by atoms with Crippen molar-refractivity contribution >= 4 is 22.7 Å². The normalized spacial score (nSPS) is 10.8. The van der Waals surface area contributed by atoms with Crippen molar-refractivity contribution in [1.29, 1.82) is 0 Å². The van der Waals surface area contributed by atoms with E-state index in [1.165, 1.54) is 12.0 Å². The number of aromatic amines is 1. The van der Waals surface area contributed by atoms with Crippen LogP contribution in [0.4, 0.5) is 0 Å². The zero-order chi connectivity index (χ0) is 27.6. The average Bonchev–Trinajstić information content (AvgIpc) is 3.40. The van der Waals surface area contributed by atoms with Crippen molar-refractivity contribution in [2.24, 2.45) is 0 Å². The Kier molecular flexibility index (Phi) is 9.58. The smallest absolute Gasteiger partial charge is 0.258 e. The van der Waals surface area contributed by atoms with Crippen LogP contribution in [0, 0.1) is 0 Å². The van der Waals surface area contributed by atoms with Gasteiger partial charge in [0.25, 0.3) is 5.91 Å². The summed E-state index contributed by atoms with van der Waals surface area (Å²) < 4.78 is 16.0. The minimum absolute atomic E-state index is 0.0852. The van der Waals surface area contributed by atoms with Crippen LogP contribution in [0.25, 0.3) is 10.9 Å². The number of H-pyrrole nitrogens is 1. The molecular weight excluding hydrogens is 494 g/mol. The molecule has 0 fully saturated rings. The predicted octanol–water partition coefficient (Wildman–Crippen LogP) is 4.55. The molecule has 1 N–H and O–H groups in total. The van der Waals surface area contributed by atoms with E-state index in [2.05, 4.69) is 11.1 Å². The third-order valence-corrected chi connectivity index (χ3v) is 6.71. The summed E-state index contributed by atoms with van der Waals surface area (Å²) >= 11 is 0. The summed E-state index contributed by atoms with van der Waals surface area (Å²) in [5.74, 6) is 0.510. The summed E-state index contributed by atoms with van der Waals surface area (Å²) in [6, 6.07) is 23.0. The largest absolute Gasteiger partial charge is 0.497 e. The van der Waals surface area contributed by atoms with E-state index in [9.17, 15) is 9.59 Å². The summed E-state index contributed by atoms with van der Waals surface area (Å²) in [6.45, 7) is 1.43. The van der Waals surface area contributed by atoms with Crippen molar-refractivity contribution in [2.75, 3.05) is 47.6 Å². The lowest BCUT2D eigenvalue weighted by Crippen LogP contribution is -2.44. The number of benzene rings is 3. The van der Waals surface area contributed by atoms with E-state index < -0.39 is 0 Å². The van der Waals surface area contributed by atoms with E-state index in [-0.39, 0.29) is 24.9 Å². The lowest BCUT2D eigenvalue weighted by Gasteiger charge is -2.28. The van der Waals surface area contributed by atoms with Gasteiger partial charge in [0.15, 0.2) is 0 Å². The third-order valence-electron chi connectivity index (χ3n) is 6.71. The molecular formula is C31H35N3O5. The predicted molar refractivity (Wildman–Crippen MR) is 151 cm³/mol. The quantitative estimate of drug-likeness (QED) is 0.275. The van der Waals surface area contributed by atoms with Gasteiger partial charge in [-0.25, -0.2) is 0 Å². The van der Waals surface area contributed by atoms with Crippen LogP contribution in [0.5, 0.6) is 11.5 Å². The fraction of sp³-hybridized carbons (Fsp3) is 0.290. The number of aromatic nitrogens is 1. The number of nitrogens with zero attached hydrogens (tertiary/aromatic N) is 2. The van der Waals surface area contributed by atoms with Crippen LogP contribution >= 0.6 is 0 Å². The van der Waals surface area contributed by atoms with E-state index >= 15 is 0 Å². The molecule has 0 aliphatic carbocycles. The first kappa shape index (κ1) is 27.7. The van der Waals surface area contributed by atoms with E-state index in [1.54, 1.807) is 32.4 Å². The number of para-hydroxylation sites is 1. The maximum Gasteiger partial charge on any atom is 0.258 e. The highest BCUT2D eigenvalue weighted by molar-refractivity contribution is 5.99. The topological polar surface area (TPSA) is 84.1 Å². The first-order valence-corrected chi connectivity index (χ1v) is 12.9. The summed E-state index contributed by atoms with van der Waals surface area (Å²) in [5.41, 5.74) is 3.59. The zero-order valence-corrected chi connectivity index (χ0v) is 22.7. The van der Waals surface area contributed by atoms with Crippen molar-refractivity contribution in [1.82, 2.24) is 14.8 Å². The highest BCUT2D eigenvalue weighted by Gasteiger charge is 2.25. The lowest BCUT2D eigenvalue weighted by molar-refractivity contribution is -0.132. The second-order valence-corrected chi connectivity index (χ2v) is 9.20. The molecule has 0 saturated carbocycles. The Morgan fingerprint density at radius 2 is 1.62 bits per heavy atom. The van der Waals surface area contributed by atoms with Gasteiger partial charge < -0.3 is 29.0 Å². The number of carbonyl (C=O) groups excluding carboxylic acids is 2. The van der Waals surface area contributed by atoms with E-state index in [1.807, 2.05) is 59.6 Å². The first-order chi connectivity index (χ1) is 19.0. The van der Waals surface area contributed by atoms with Crippen LogP contribution in [0.2, 0.25) is 0 Å². The number of methoxy groups -OCH3 is 3. The Hall–Kier alpha value is -4.30. The van der Waals surface area contributed by atoms with E-state index in [4.69, 9.17) is 14.2 Å². The maximum absolute atomic E-state index is 13.8. The van der Waals surface area contributed by atoms with Crippen molar-refractivity contribution in [2.45, 2.75) is 13.0 Å². The molecule has 39 heavy (non-hydrogen) atoms. The Labute approximate surface area is 229 Å². The molecule has 0 saturated heterocycles. The number of hydrogen-bond acceptors (Lipinski definition) is 5. The maximum atomic E-state index is 13.8. The molecule has 3 aromatic carbocycles. The second-order valence-electron chi connectivity index (χ2n) is 9.20. The fourth-order valence-corrected chi connectivity index (χ4v) is 4.55. The van der Waals surface area contributed by atoms with Gasteiger partial charge in [0.2, 0.25) is 5.91 Å². The van der Waals surface area contributed by atoms with Crippen molar-refractivity contribution in [3.8, 4) is 11.5 Å². The molecule has 8 nitrogen and oxygen atoms in total. The van der Waals surface area contributed by atoms with Gasteiger partial charge in [0.05, 0.1) is 26.4 Å². The standard InChI is InChI=1S/C31H35N3O5/c1-37-18-17-34(31(36)27-14-13-25(38-2)19-29(27)39-3)22-30(35)33(21-23-9-5-4-6-10-23)16-15-24-20-32-28-12-8-7-11-26(24)28/h4-14,19-20,32H,15-18,21-22H2,1-3H3. The molecule has 0 radical (unpaired) electrons. The number of fused-ring (bicyclic) bond motifs is 1. The minimum atomic E-state index is -0.309. The summed E-state index contributed by atoms with van der Waals surface area (Å²) in [7, 11) is 4.63. The van der Waals surface area contributed by atoms with Gasteiger partial charge in [-0.2, -0.15) is 0 Å². The Morgan fingerprint density at radius 1 is 0.846 bits per heavy atom. The van der Waals surface area contributed by atoms with Crippen LogP contribution in [0.1, 0.15) is 21.5 Å². The molecule has 1 heterocycles. The van der Waals surface area contributed by atoms with Gasteiger partial charge in [-0.15, -0.1) is 0 Å². The summed E-state index contributed by atoms with van der Waals surface area (Å²) in [6.07, 6.45) is 2.68.